The van der Waals surface area contributed by atoms with Gasteiger partial charge in [-0.25, -0.2) is 4.79 Å². The van der Waals surface area contributed by atoms with Crippen LogP contribution in [0.1, 0.15) is 33.1 Å². The number of hydrogen-bond acceptors (Lipinski definition) is 3. The van der Waals surface area contributed by atoms with E-state index in [0.717, 1.165) is 25.8 Å². The summed E-state index contributed by atoms with van der Waals surface area (Å²) in [4.78, 5) is 39.7. The number of nitrogens with zero attached hydrogens (tertiary/aromatic N) is 3. The van der Waals surface area contributed by atoms with Crippen LogP contribution < -0.4 is 11.2 Å². The summed E-state index contributed by atoms with van der Waals surface area (Å²) in [5.41, 5.74) is -0.192. The number of hydrogen-bond donors (Lipinski definition) is 0. The molecule has 1 atom stereocenters. The van der Waals surface area contributed by atoms with E-state index in [2.05, 4.69) is 0 Å². The lowest BCUT2D eigenvalue weighted by atomic mass is 10.0. The van der Waals surface area contributed by atoms with E-state index in [1.165, 1.54) is 9.13 Å². The molecule has 3 rings (SSSR count). The molecule has 6 nitrogen and oxygen atoms in total. The second-order valence-electron chi connectivity index (χ2n) is 6.37. The summed E-state index contributed by atoms with van der Waals surface area (Å²) in [6.45, 7) is 4.81. The summed E-state index contributed by atoms with van der Waals surface area (Å²) in [6.07, 6.45) is 3.13. The lowest BCUT2D eigenvalue weighted by Crippen LogP contribution is -2.47. The van der Waals surface area contributed by atoms with E-state index in [-0.39, 0.29) is 30.6 Å². The highest BCUT2D eigenvalue weighted by Crippen LogP contribution is 2.17. The first-order chi connectivity index (χ1) is 11.5. The van der Waals surface area contributed by atoms with E-state index in [0.29, 0.717) is 10.9 Å². The van der Waals surface area contributed by atoms with Crippen LogP contribution in [0.4, 0.5) is 0 Å². The van der Waals surface area contributed by atoms with E-state index < -0.39 is 5.69 Å². The van der Waals surface area contributed by atoms with Gasteiger partial charge in [0.05, 0.1) is 10.9 Å². The molecule has 2 aromatic rings. The van der Waals surface area contributed by atoms with Crippen LogP contribution in [-0.2, 0) is 17.9 Å². The molecule has 6 heteroatoms. The SMILES string of the molecule is CCn1c(=O)c2ccccc2n(CC(=O)N2CCCCC2C)c1=O. The molecule has 1 fully saturated rings. The van der Waals surface area contributed by atoms with E-state index in [4.69, 9.17) is 0 Å². The van der Waals surface area contributed by atoms with Gasteiger partial charge in [-0.1, -0.05) is 12.1 Å². The van der Waals surface area contributed by atoms with Crippen molar-refractivity contribution in [1.29, 1.82) is 0 Å². The first-order valence-corrected chi connectivity index (χ1v) is 8.56. The van der Waals surface area contributed by atoms with Crippen molar-refractivity contribution in [3.8, 4) is 0 Å². The molecule has 1 aliphatic heterocycles. The van der Waals surface area contributed by atoms with Crippen molar-refractivity contribution < 1.29 is 4.79 Å². The highest BCUT2D eigenvalue weighted by molar-refractivity contribution is 5.81. The maximum absolute atomic E-state index is 12.7. The Morgan fingerprint density at radius 2 is 1.92 bits per heavy atom. The van der Waals surface area contributed by atoms with Gasteiger partial charge in [0.25, 0.3) is 5.56 Å². The topological polar surface area (TPSA) is 64.3 Å². The standard InChI is InChI=1S/C18H23N3O3/c1-3-19-17(23)14-9-4-5-10-15(14)21(18(19)24)12-16(22)20-11-7-6-8-13(20)2/h4-5,9-10,13H,3,6-8,11-12H2,1-2H3. The number of carbonyl (C=O) groups is 1. The summed E-state index contributed by atoms with van der Waals surface area (Å²) >= 11 is 0. The minimum absolute atomic E-state index is 0.0238. The van der Waals surface area contributed by atoms with Crippen molar-refractivity contribution in [1.82, 2.24) is 14.0 Å². The largest absolute Gasteiger partial charge is 0.338 e. The first-order valence-electron chi connectivity index (χ1n) is 8.56. The molecule has 0 radical (unpaired) electrons. The number of amides is 1. The molecule has 0 spiro atoms. The van der Waals surface area contributed by atoms with Crippen LogP contribution in [0.3, 0.4) is 0 Å². The Labute approximate surface area is 140 Å². The maximum atomic E-state index is 12.7. The molecule has 1 unspecified atom stereocenters. The van der Waals surface area contributed by atoms with Crippen molar-refractivity contribution >= 4 is 16.8 Å². The Morgan fingerprint density at radius 1 is 1.17 bits per heavy atom. The van der Waals surface area contributed by atoms with Crippen LogP contribution in [0.25, 0.3) is 10.9 Å². The summed E-state index contributed by atoms with van der Waals surface area (Å²) in [5, 5.41) is 0.471. The highest BCUT2D eigenvalue weighted by atomic mass is 16.2. The zero-order valence-corrected chi connectivity index (χ0v) is 14.2. The normalized spacial score (nSPS) is 18.1. The fraction of sp³-hybridized carbons (Fsp3) is 0.500. The summed E-state index contributed by atoms with van der Waals surface area (Å²) < 4.78 is 2.62. The van der Waals surface area contributed by atoms with Crippen molar-refractivity contribution in [2.45, 2.75) is 52.2 Å². The Kier molecular flexibility index (Phi) is 4.55. The number of para-hydroxylation sites is 1. The van der Waals surface area contributed by atoms with Gasteiger partial charge in [0.15, 0.2) is 0 Å². The highest BCUT2D eigenvalue weighted by Gasteiger charge is 2.24. The Bertz CT molecular complexity index is 881. The second kappa shape index (κ2) is 6.63. The van der Waals surface area contributed by atoms with E-state index >= 15 is 0 Å². The van der Waals surface area contributed by atoms with Gasteiger partial charge in [-0.3, -0.25) is 18.7 Å². The predicted octanol–water partition coefficient (Wildman–Crippen LogP) is 1.58. The molecular weight excluding hydrogens is 306 g/mol. The summed E-state index contributed by atoms with van der Waals surface area (Å²) in [6, 6.07) is 7.18. The van der Waals surface area contributed by atoms with Gasteiger partial charge in [-0.15, -0.1) is 0 Å². The van der Waals surface area contributed by atoms with Crippen molar-refractivity contribution in [3.05, 3.63) is 45.1 Å². The fourth-order valence-corrected chi connectivity index (χ4v) is 3.50. The third-order valence-electron chi connectivity index (χ3n) is 4.87. The smallest absolute Gasteiger partial charge is 0.331 e. The lowest BCUT2D eigenvalue weighted by molar-refractivity contribution is -0.135. The average Bonchev–Trinajstić information content (AvgIpc) is 2.59. The second-order valence-corrected chi connectivity index (χ2v) is 6.37. The molecular formula is C18H23N3O3. The monoisotopic (exact) mass is 329 g/mol. The number of aromatic nitrogens is 2. The number of rotatable bonds is 3. The van der Waals surface area contributed by atoms with Gasteiger partial charge >= 0.3 is 5.69 Å². The molecule has 0 saturated carbocycles. The van der Waals surface area contributed by atoms with Crippen LogP contribution in [0.15, 0.2) is 33.9 Å². The van der Waals surface area contributed by atoms with Crippen molar-refractivity contribution in [3.63, 3.8) is 0 Å². The third kappa shape index (κ3) is 2.77. The zero-order valence-electron chi connectivity index (χ0n) is 14.2. The predicted molar refractivity (Wildman–Crippen MR) is 93.2 cm³/mol. The Hall–Kier alpha value is -2.37. The molecule has 0 N–H and O–H groups in total. The molecule has 128 valence electrons. The number of benzene rings is 1. The maximum Gasteiger partial charge on any atom is 0.331 e. The minimum atomic E-state index is -0.417. The van der Waals surface area contributed by atoms with Crippen LogP contribution in [-0.4, -0.2) is 32.5 Å². The molecule has 0 bridgehead atoms. The minimum Gasteiger partial charge on any atom is -0.338 e. The fourth-order valence-electron chi connectivity index (χ4n) is 3.50. The zero-order chi connectivity index (χ0) is 17.3. The molecule has 1 aromatic carbocycles. The average molecular weight is 329 g/mol. The van der Waals surface area contributed by atoms with E-state index in [1.54, 1.807) is 31.2 Å². The van der Waals surface area contributed by atoms with Gasteiger partial charge < -0.3 is 4.90 Å². The van der Waals surface area contributed by atoms with Crippen LogP contribution in [0, 0.1) is 0 Å². The molecule has 24 heavy (non-hydrogen) atoms. The molecule has 1 aliphatic rings. The molecule has 1 saturated heterocycles. The van der Waals surface area contributed by atoms with Crippen molar-refractivity contribution in [2.24, 2.45) is 0 Å². The third-order valence-corrected chi connectivity index (χ3v) is 4.87. The molecule has 1 amide bonds. The van der Waals surface area contributed by atoms with Gasteiger partial charge in [-0.05, 0) is 45.2 Å². The van der Waals surface area contributed by atoms with Gasteiger partial charge in [0, 0.05) is 19.1 Å². The number of carbonyl (C=O) groups excluding carboxylic acids is 1. The van der Waals surface area contributed by atoms with E-state index in [1.807, 2.05) is 11.8 Å². The molecule has 2 heterocycles. The van der Waals surface area contributed by atoms with Crippen LogP contribution in [0.2, 0.25) is 0 Å². The summed E-state index contributed by atoms with van der Waals surface area (Å²) in [5.74, 6) is -0.0595. The van der Waals surface area contributed by atoms with Gasteiger partial charge in [0.2, 0.25) is 5.91 Å². The number of piperidine rings is 1. The van der Waals surface area contributed by atoms with Crippen molar-refractivity contribution in [2.75, 3.05) is 6.54 Å². The van der Waals surface area contributed by atoms with Crippen LogP contribution >= 0.6 is 0 Å². The lowest BCUT2D eigenvalue weighted by Gasteiger charge is -2.33. The quantitative estimate of drug-likeness (QED) is 0.859. The number of likely N-dealkylation sites (tertiary alicyclic amines) is 1. The van der Waals surface area contributed by atoms with Gasteiger partial charge in [-0.2, -0.15) is 0 Å². The molecule has 1 aromatic heterocycles. The van der Waals surface area contributed by atoms with Gasteiger partial charge in [0.1, 0.15) is 6.54 Å². The Morgan fingerprint density at radius 3 is 2.62 bits per heavy atom. The molecule has 0 aliphatic carbocycles. The Balaban J connectivity index is 2.07. The van der Waals surface area contributed by atoms with E-state index in [9.17, 15) is 14.4 Å². The number of fused-ring (bicyclic) bond motifs is 1. The van der Waals surface area contributed by atoms with Crippen LogP contribution in [0.5, 0.6) is 0 Å². The summed E-state index contributed by atoms with van der Waals surface area (Å²) in [7, 11) is 0. The first kappa shape index (κ1) is 16.5.